The first-order chi connectivity index (χ1) is 9.59. The molecule has 0 aliphatic rings. The highest BCUT2D eigenvalue weighted by atomic mass is 32.2. The van der Waals surface area contributed by atoms with Gasteiger partial charge in [0.25, 0.3) is 0 Å². The lowest BCUT2D eigenvalue weighted by Gasteiger charge is -2.09. The molecule has 1 aromatic carbocycles. The zero-order chi connectivity index (χ0) is 14.4. The maximum atomic E-state index is 11.6. The molecular weight excluding hydrogens is 292 g/mol. The fraction of sp³-hybridized carbons (Fsp3) is 0.286. The maximum absolute atomic E-state index is 11.6. The molecular formula is C14H18N2O2S2. The van der Waals surface area contributed by atoms with Gasteiger partial charge in [0.1, 0.15) is 0 Å². The van der Waals surface area contributed by atoms with E-state index >= 15 is 0 Å². The number of hydrogen-bond donors (Lipinski definition) is 2. The summed E-state index contributed by atoms with van der Waals surface area (Å²) in [5.41, 5.74) is 2.80. The van der Waals surface area contributed by atoms with Gasteiger partial charge in [0, 0.05) is 17.9 Å². The van der Waals surface area contributed by atoms with Crippen LogP contribution in [-0.2, 0) is 16.6 Å². The Balaban J connectivity index is 1.92. The number of rotatable bonds is 7. The maximum Gasteiger partial charge on any atom is 0.232 e. The molecule has 0 amide bonds. The Hall–Kier alpha value is -1.53. The van der Waals surface area contributed by atoms with Gasteiger partial charge in [0.2, 0.25) is 10.0 Å². The van der Waals surface area contributed by atoms with E-state index in [-0.39, 0.29) is 5.75 Å². The summed E-state index contributed by atoms with van der Waals surface area (Å²) in [6.45, 7) is 2.61. The van der Waals surface area contributed by atoms with Crippen molar-refractivity contribution < 1.29 is 8.42 Å². The van der Waals surface area contributed by atoms with Gasteiger partial charge < -0.3 is 5.32 Å². The van der Waals surface area contributed by atoms with Gasteiger partial charge in [-0.15, -0.1) is 0 Å². The van der Waals surface area contributed by atoms with E-state index < -0.39 is 10.0 Å². The molecule has 0 spiro atoms. The summed E-state index contributed by atoms with van der Waals surface area (Å²) in [5.74, 6) is 0.144. The highest BCUT2D eigenvalue weighted by Gasteiger charge is 2.08. The lowest BCUT2D eigenvalue weighted by molar-refractivity contribution is 0.600. The van der Waals surface area contributed by atoms with Crippen LogP contribution in [0.15, 0.2) is 41.1 Å². The average Bonchev–Trinajstić information content (AvgIpc) is 2.90. The van der Waals surface area contributed by atoms with Crippen molar-refractivity contribution in [1.29, 1.82) is 0 Å². The van der Waals surface area contributed by atoms with Crippen LogP contribution < -0.4 is 10.0 Å². The quantitative estimate of drug-likeness (QED) is 0.823. The molecule has 20 heavy (non-hydrogen) atoms. The molecule has 0 aliphatic heterocycles. The van der Waals surface area contributed by atoms with Gasteiger partial charge in [-0.2, -0.15) is 11.3 Å². The summed E-state index contributed by atoms with van der Waals surface area (Å²) in [6, 6.07) is 9.35. The van der Waals surface area contributed by atoms with E-state index in [0.717, 1.165) is 12.2 Å². The minimum atomic E-state index is -3.21. The summed E-state index contributed by atoms with van der Waals surface area (Å²) in [4.78, 5) is 0. The van der Waals surface area contributed by atoms with Gasteiger partial charge in [-0.05, 0) is 53.1 Å². The Kier molecular flexibility index (Phi) is 5.03. The van der Waals surface area contributed by atoms with Crippen molar-refractivity contribution in [2.75, 3.05) is 15.8 Å². The second-order valence-corrected chi connectivity index (χ2v) is 7.11. The molecule has 2 N–H and O–H groups in total. The fourth-order valence-electron chi connectivity index (χ4n) is 1.75. The first-order valence-electron chi connectivity index (χ1n) is 6.44. The molecule has 1 aromatic heterocycles. The van der Waals surface area contributed by atoms with Crippen molar-refractivity contribution in [2.45, 2.75) is 19.9 Å². The van der Waals surface area contributed by atoms with Crippen LogP contribution in [0.1, 0.15) is 18.9 Å². The number of benzene rings is 1. The first-order valence-corrected chi connectivity index (χ1v) is 9.04. The second-order valence-electron chi connectivity index (χ2n) is 4.48. The Bertz CT molecular complexity index is 620. The van der Waals surface area contributed by atoms with Crippen LogP contribution in [0.25, 0.3) is 0 Å². The lowest BCUT2D eigenvalue weighted by Crippen LogP contribution is -2.15. The van der Waals surface area contributed by atoms with Crippen molar-refractivity contribution in [2.24, 2.45) is 0 Å². The third-order valence-corrected chi connectivity index (χ3v) is 4.93. The highest BCUT2D eigenvalue weighted by molar-refractivity contribution is 7.92. The van der Waals surface area contributed by atoms with E-state index in [2.05, 4.69) is 21.5 Å². The predicted molar refractivity (Wildman–Crippen MR) is 85.8 cm³/mol. The zero-order valence-electron chi connectivity index (χ0n) is 11.3. The summed E-state index contributed by atoms with van der Waals surface area (Å²) < 4.78 is 25.8. The molecule has 6 heteroatoms. The van der Waals surface area contributed by atoms with Crippen molar-refractivity contribution in [3.05, 3.63) is 46.7 Å². The Morgan fingerprint density at radius 1 is 1.10 bits per heavy atom. The van der Waals surface area contributed by atoms with E-state index in [9.17, 15) is 8.42 Å². The van der Waals surface area contributed by atoms with E-state index in [4.69, 9.17) is 0 Å². The molecule has 0 aliphatic carbocycles. The molecule has 0 bridgehead atoms. The predicted octanol–water partition coefficient (Wildman–Crippen LogP) is 3.51. The molecule has 2 aromatic rings. The monoisotopic (exact) mass is 310 g/mol. The molecule has 0 fully saturated rings. The van der Waals surface area contributed by atoms with Crippen molar-refractivity contribution in [3.63, 3.8) is 0 Å². The summed E-state index contributed by atoms with van der Waals surface area (Å²) in [5, 5.41) is 7.43. The molecule has 0 radical (unpaired) electrons. The van der Waals surface area contributed by atoms with Crippen LogP contribution >= 0.6 is 11.3 Å². The van der Waals surface area contributed by atoms with Crippen LogP contribution in [0.5, 0.6) is 0 Å². The van der Waals surface area contributed by atoms with E-state index in [1.165, 1.54) is 5.56 Å². The van der Waals surface area contributed by atoms with Gasteiger partial charge in [0.15, 0.2) is 0 Å². The van der Waals surface area contributed by atoms with E-state index in [1.54, 1.807) is 23.5 Å². The molecule has 108 valence electrons. The fourth-order valence-corrected chi connectivity index (χ4v) is 3.56. The molecule has 4 nitrogen and oxygen atoms in total. The van der Waals surface area contributed by atoms with Gasteiger partial charge in [0.05, 0.1) is 5.75 Å². The van der Waals surface area contributed by atoms with Gasteiger partial charge in [-0.3, -0.25) is 4.72 Å². The standard InChI is InChI=1S/C14H18N2O2S2/c1-2-9-20(17,18)16-14-5-3-13(4-6-14)15-10-12-7-8-19-11-12/h3-8,11,15-16H,2,9-10H2,1H3. The number of sulfonamides is 1. The van der Waals surface area contributed by atoms with Gasteiger partial charge in [-0.1, -0.05) is 6.92 Å². The molecule has 1 heterocycles. The summed E-state index contributed by atoms with van der Waals surface area (Å²) >= 11 is 1.67. The Labute approximate surface area is 123 Å². The molecule has 0 saturated heterocycles. The molecule has 0 atom stereocenters. The SMILES string of the molecule is CCCS(=O)(=O)Nc1ccc(NCc2ccsc2)cc1. The third-order valence-electron chi connectivity index (χ3n) is 2.71. The van der Waals surface area contributed by atoms with E-state index in [1.807, 2.05) is 24.4 Å². The topological polar surface area (TPSA) is 58.2 Å². The smallest absolute Gasteiger partial charge is 0.232 e. The Morgan fingerprint density at radius 2 is 1.80 bits per heavy atom. The number of thiophene rings is 1. The van der Waals surface area contributed by atoms with Crippen LogP contribution in [0.3, 0.4) is 0 Å². The second kappa shape index (κ2) is 6.76. The number of nitrogens with one attached hydrogen (secondary N) is 2. The van der Waals surface area contributed by atoms with Gasteiger partial charge in [-0.25, -0.2) is 8.42 Å². The molecule has 0 saturated carbocycles. The highest BCUT2D eigenvalue weighted by Crippen LogP contribution is 2.16. The van der Waals surface area contributed by atoms with Crippen molar-refractivity contribution in [3.8, 4) is 0 Å². The minimum Gasteiger partial charge on any atom is -0.381 e. The first kappa shape index (κ1) is 14.9. The zero-order valence-corrected chi connectivity index (χ0v) is 12.9. The Morgan fingerprint density at radius 3 is 2.40 bits per heavy atom. The normalized spacial score (nSPS) is 11.2. The van der Waals surface area contributed by atoms with E-state index in [0.29, 0.717) is 12.1 Å². The number of anilines is 2. The van der Waals surface area contributed by atoms with Crippen LogP contribution in [-0.4, -0.2) is 14.2 Å². The molecule has 2 rings (SSSR count). The molecule has 0 unspecified atom stereocenters. The lowest BCUT2D eigenvalue weighted by atomic mass is 10.2. The van der Waals surface area contributed by atoms with Crippen LogP contribution in [0, 0.1) is 0 Å². The summed E-state index contributed by atoms with van der Waals surface area (Å²) in [6.07, 6.45) is 0.607. The van der Waals surface area contributed by atoms with Crippen molar-refractivity contribution >= 4 is 32.7 Å². The third kappa shape index (κ3) is 4.54. The largest absolute Gasteiger partial charge is 0.381 e. The number of hydrogen-bond acceptors (Lipinski definition) is 4. The van der Waals surface area contributed by atoms with Crippen molar-refractivity contribution in [1.82, 2.24) is 0 Å². The van der Waals surface area contributed by atoms with Crippen LogP contribution in [0.4, 0.5) is 11.4 Å². The van der Waals surface area contributed by atoms with Crippen LogP contribution in [0.2, 0.25) is 0 Å². The summed E-state index contributed by atoms with van der Waals surface area (Å²) in [7, 11) is -3.21. The van der Waals surface area contributed by atoms with Gasteiger partial charge >= 0.3 is 0 Å². The minimum absolute atomic E-state index is 0.144. The average molecular weight is 310 g/mol.